The van der Waals surface area contributed by atoms with Gasteiger partial charge in [-0.05, 0) is 30.5 Å². The highest BCUT2D eigenvalue weighted by molar-refractivity contribution is 6.44. The van der Waals surface area contributed by atoms with Crippen molar-refractivity contribution in [2.24, 2.45) is 0 Å². The summed E-state index contributed by atoms with van der Waals surface area (Å²) in [7, 11) is 0. The number of halogens is 4. The van der Waals surface area contributed by atoms with E-state index >= 15 is 0 Å². The number of hydrogen-bond donors (Lipinski definition) is 0. The molecule has 4 heteroatoms. The molecule has 2 rings (SSSR count). The van der Waals surface area contributed by atoms with Crippen molar-refractivity contribution < 1.29 is 0 Å². The molecule has 16 heavy (non-hydrogen) atoms. The molecule has 0 radical (unpaired) electrons. The van der Waals surface area contributed by atoms with Crippen LogP contribution in [0.25, 0.3) is 5.57 Å². The van der Waals surface area contributed by atoms with Crippen LogP contribution < -0.4 is 0 Å². The summed E-state index contributed by atoms with van der Waals surface area (Å²) in [6, 6.07) is 5.39. The van der Waals surface area contributed by atoms with Gasteiger partial charge in [0.2, 0.25) is 0 Å². The summed E-state index contributed by atoms with van der Waals surface area (Å²) >= 11 is 24.2. The third-order valence-corrected chi connectivity index (χ3v) is 3.87. The van der Waals surface area contributed by atoms with Gasteiger partial charge in [-0.25, -0.2) is 0 Å². The van der Waals surface area contributed by atoms with Gasteiger partial charge in [0, 0.05) is 15.6 Å². The highest BCUT2D eigenvalue weighted by Crippen LogP contribution is 2.38. The molecular weight excluding hydrogens is 286 g/mol. The van der Waals surface area contributed by atoms with Gasteiger partial charge in [-0.15, -0.1) is 0 Å². The van der Waals surface area contributed by atoms with Gasteiger partial charge >= 0.3 is 0 Å². The van der Waals surface area contributed by atoms with E-state index in [1.807, 2.05) is 12.1 Å². The van der Waals surface area contributed by atoms with Crippen molar-refractivity contribution in [1.82, 2.24) is 0 Å². The molecule has 0 saturated carbocycles. The van der Waals surface area contributed by atoms with Crippen LogP contribution in [0.15, 0.2) is 34.3 Å². The Labute approximate surface area is 114 Å². The predicted molar refractivity (Wildman–Crippen MR) is 72.4 cm³/mol. The molecule has 1 aliphatic rings. The first-order valence-corrected chi connectivity index (χ1v) is 6.31. The monoisotopic (exact) mass is 292 g/mol. The zero-order chi connectivity index (χ0) is 11.7. The second-order valence-electron chi connectivity index (χ2n) is 3.50. The molecule has 0 spiro atoms. The molecule has 0 aliphatic heterocycles. The fraction of sp³-hybridized carbons (Fsp3) is 0.167. The maximum atomic E-state index is 6.18. The average molecular weight is 294 g/mol. The van der Waals surface area contributed by atoms with Gasteiger partial charge in [-0.1, -0.05) is 58.5 Å². The minimum absolute atomic E-state index is 0.506. The van der Waals surface area contributed by atoms with E-state index in [1.165, 1.54) is 0 Å². The van der Waals surface area contributed by atoms with Gasteiger partial charge in [-0.3, -0.25) is 0 Å². The molecule has 1 aromatic rings. The summed E-state index contributed by atoms with van der Waals surface area (Å²) in [6.45, 7) is 0. The van der Waals surface area contributed by atoms with Crippen LogP contribution in [0, 0.1) is 0 Å². The lowest BCUT2D eigenvalue weighted by atomic mass is 9.99. The summed E-state index contributed by atoms with van der Waals surface area (Å²) < 4.78 is 0. The van der Waals surface area contributed by atoms with Crippen molar-refractivity contribution in [3.05, 3.63) is 49.9 Å². The maximum Gasteiger partial charge on any atom is 0.0598 e. The van der Waals surface area contributed by atoms with Crippen LogP contribution in [0.5, 0.6) is 0 Å². The Morgan fingerprint density at radius 1 is 0.938 bits per heavy atom. The number of hydrogen-bond acceptors (Lipinski definition) is 0. The fourth-order valence-electron chi connectivity index (χ4n) is 1.63. The number of allylic oxidation sites excluding steroid dienone is 4. The Bertz CT molecular complexity index is 486. The van der Waals surface area contributed by atoms with Crippen LogP contribution in [0.2, 0.25) is 10.0 Å². The first-order chi connectivity index (χ1) is 7.59. The lowest BCUT2D eigenvalue weighted by Gasteiger charge is -2.15. The van der Waals surface area contributed by atoms with Gasteiger partial charge < -0.3 is 0 Å². The van der Waals surface area contributed by atoms with Crippen LogP contribution in [-0.4, -0.2) is 0 Å². The molecule has 1 aromatic carbocycles. The highest BCUT2D eigenvalue weighted by atomic mass is 35.5. The van der Waals surface area contributed by atoms with E-state index in [-0.39, 0.29) is 0 Å². The first-order valence-electron chi connectivity index (χ1n) is 4.79. The molecule has 0 saturated heterocycles. The largest absolute Gasteiger partial charge is 0.0884 e. The molecular formula is C12H8Cl4. The van der Waals surface area contributed by atoms with E-state index in [0.29, 0.717) is 15.1 Å². The molecule has 0 nitrogen and oxygen atoms in total. The Kier molecular flexibility index (Phi) is 3.86. The van der Waals surface area contributed by atoms with Crippen molar-refractivity contribution in [3.8, 4) is 0 Å². The highest BCUT2D eigenvalue weighted by Gasteiger charge is 2.15. The van der Waals surface area contributed by atoms with Gasteiger partial charge in [0.1, 0.15) is 0 Å². The zero-order valence-corrected chi connectivity index (χ0v) is 11.3. The molecule has 0 fully saturated rings. The summed E-state index contributed by atoms with van der Waals surface area (Å²) in [5, 5.41) is 2.48. The topological polar surface area (TPSA) is 0 Å². The fourth-order valence-corrected chi connectivity index (χ4v) is 2.63. The summed E-state index contributed by atoms with van der Waals surface area (Å²) in [4.78, 5) is 0. The second-order valence-corrected chi connectivity index (χ2v) is 5.18. The molecule has 1 aliphatic carbocycles. The summed E-state index contributed by atoms with van der Waals surface area (Å²) in [5.41, 5.74) is 1.76. The second kappa shape index (κ2) is 5.01. The molecule has 0 heterocycles. The summed E-state index contributed by atoms with van der Waals surface area (Å²) in [5.74, 6) is 0. The minimum Gasteiger partial charge on any atom is -0.0884 e. The van der Waals surface area contributed by atoms with Crippen LogP contribution in [0.1, 0.15) is 18.4 Å². The standard InChI is InChI=1S/C12H8Cl4/c13-8-5-4-7(6-11(8)16)12-9(14)2-1-3-10(12)15/h2,4-6H,1,3H2. The summed E-state index contributed by atoms with van der Waals surface area (Å²) in [6.07, 6.45) is 3.65. The van der Waals surface area contributed by atoms with E-state index in [1.54, 1.807) is 12.1 Å². The lowest BCUT2D eigenvalue weighted by Crippen LogP contribution is -1.94. The van der Waals surface area contributed by atoms with Crippen molar-refractivity contribution in [2.75, 3.05) is 0 Å². The molecule has 0 atom stereocenters. The van der Waals surface area contributed by atoms with Crippen LogP contribution in [0.4, 0.5) is 0 Å². The third-order valence-electron chi connectivity index (χ3n) is 2.41. The van der Waals surface area contributed by atoms with E-state index in [9.17, 15) is 0 Å². The van der Waals surface area contributed by atoms with Crippen molar-refractivity contribution >= 4 is 52.0 Å². The molecule has 0 bridgehead atoms. The molecule has 84 valence electrons. The lowest BCUT2D eigenvalue weighted by molar-refractivity contribution is 1.02. The molecule has 0 unspecified atom stereocenters. The van der Waals surface area contributed by atoms with E-state index in [4.69, 9.17) is 46.4 Å². The third kappa shape index (κ3) is 2.41. The quantitative estimate of drug-likeness (QED) is 0.608. The normalized spacial score (nSPS) is 16.4. The molecule has 0 amide bonds. The van der Waals surface area contributed by atoms with Crippen molar-refractivity contribution in [3.63, 3.8) is 0 Å². The van der Waals surface area contributed by atoms with Crippen molar-refractivity contribution in [2.45, 2.75) is 12.8 Å². The van der Waals surface area contributed by atoms with E-state index < -0.39 is 0 Å². The Hall–Kier alpha value is -0.140. The van der Waals surface area contributed by atoms with Crippen molar-refractivity contribution in [1.29, 1.82) is 0 Å². The Morgan fingerprint density at radius 2 is 1.69 bits per heavy atom. The number of benzene rings is 1. The Morgan fingerprint density at radius 3 is 2.31 bits per heavy atom. The van der Waals surface area contributed by atoms with Crippen LogP contribution in [-0.2, 0) is 0 Å². The average Bonchev–Trinajstić information content (AvgIpc) is 2.23. The van der Waals surface area contributed by atoms with E-state index in [0.717, 1.165) is 29.0 Å². The van der Waals surface area contributed by atoms with Crippen LogP contribution >= 0.6 is 46.4 Å². The van der Waals surface area contributed by atoms with Gasteiger partial charge in [-0.2, -0.15) is 0 Å². The number of rotatable bonds is 1. The van der Waals surface area contributed by atoms with Gasteiger partial charge in [0.15, 0.2) is 0 Å². The Balaban J connectivity index is 2.51. The predicted octanol–water partition coefficient (Wildman–Crippen LogP) is 5.86. The smallest absolute Gasteiger partial charge is 0.0598 e. The van der Waals surface area contributed by atoms with Gasteiger partial charge in [0.05, 0.1) is 10.0 Å². The van der Waals surface area contributed by atoms with Gasteiger partial charge in [0.25, 0.3) is 0 Å². The molecule has 0 aromatic heterocycles. The van der Waals surface area contributed by atoms with E-state index in [2.05, 4.69) is 0 Å². The minimum atomic E-state index is 0.506. The SMILES string of the molecule is ClC1=CCCC(Cl)=C1c1ccc(Cl)c(Cl)c1. The first kappa shape index (κ1) is 12.3. The zero-order valence-electron chi connectivity index (χ0n) is 8.24. The maximum absolute atomic E-state index is 6.18. The molecule has 0 N–H and O–H groups in total. The van der Waals surface area contributed by atoms with Crippen LogP contribution in [0.3, 0.4) is 0 Å².